The molecule has 70 valence electrons. The minimum absolute atomic E-state index is 0.356. The molecule has 0 saturated heterocycles. The normalized spacial score (nSPS) is 27.0. The fourth-order valence-electron chi connectivity index (χ4n) is 1.89. The Morgan fingerprint density at radius 2 is 2.08 bits per heavy atom. The lowest BCUT2D eigenvalue weighted by Crippen LogP contribution is -2.23. The van der Waals surface area contributed by atoms with Gasteiger partial charge in [0.05, 0.1) is 12.7 Å². The molecule has 0 aliphatic carbocycles. The van der Waals surface area contributed by atoms with Crippen LogP contribution in [0.3, 0.4) is 0 Å². The quantitative estimate of drug-likeness (QED) is 0.590. The van der Waals surface area contributed by atoms with Crippen LogP contribution in [0.5, 0.6) is 0 Å². The molecule has 0 saturated carbocycles. The van der Waals surface area contributed by atoms with Gasteiger partial charge in [-0.05, 0) is 25.0 Å². The van der Waals surface area contributed by atoms with Crippen LogP contribution in [0.2, 0.25) is 0 Å². The maximum atomic E-state index is 5.66. The maximum absolute atomic E-state index is 5.66. The van der Waals surface area contributed by atoms with Gasteiger partial charge in [0.2, 0.25) is 0 Å². The Hall–Kier alpha value is -0.820. The number of aryl methyl sites for hydroxylation is 1. The zero-order valence-corrected chi connectivity index (χ0v) is 8.50. The average molecular weight is 176 g/mol. The number of ether oxygens (including phenoxy) is 1. The van der Waals surface area contributed by atoms with Crippen molar-refractivity contribution < 1.29 is 4.74 Å². The van der Waals surface area contributed by atoms with Crippen LogP contribution in [0.4, 0.5) is 0 Å². The Balaban J connectivity index is 2.45. The molecule has 0 N–H and O–H groups in total. The van der Waals surface area contributed by atoms with Gasteiger partial charge in [0.1, 0.15) is 0 Å². The molecule has 1 aliphatic rings. The highest BCUT2D eigenvalue weighted by molar-refractivity contribution is 5.35. The van der Waals surface area contributed by atoms with Crippen molar-refractivity contribution in [2.24, 2.45) is 0 Å². The highest BCUT2D eigenvalue weighted by atomic mass is 16.5. The van der Waals surface area contributed by atoms with Crippen LogP contribution in [0.25, 0.3) is 0 Å². The van der Waals surface area contributed by atoms with E-state index >= 15 is 0 Å². The second-order valence-corrected chi connectivity index (χ2v) is 4.01. The minimum atomic E-state index is 0.356. The van der Waals surface area contributed by atoms with Crippen LogP contribution in [0, 0.1) is 6.92 Å². The fraction of sp³-hybridized carbons (Fsp3) is 0.500. The molecule has 2 unspecified atom stereocenters. The van der Waals surface area contributed by atoms with Crippen molar-refractivity contribution in [3.63, 3.8) is 0 Å². The Morgan fingerprint density at radius 1 is 1.31 bits per heavy atom. The predicted molar refractivity (Wildman–Crippen MR) is 53.8 cm³/mol. The first-order chi connectivity index (χ1) is 6.18. The van der Waals surface area contributed by atoms with Crippen molar-refractivity contribution in [3.8, 4) is 0 Å². The van der Waals surface area contributed by atoms with E-state index < -0.39 is 0 Å². The van der Waals surface area contributed by atoms with Crippen LogP contribution >= 0.6 is 0 Å². The van der Waals surface area contributed by atoms with E-state index in [0.717, 1.165) is 6.61 Å². The van der Waals surface area contributed by atoms with E-state index in [1.165, 1.54) is 16.7 Å². The lowest BCUT2D eigenvalue weighted by atomic mass is 9.89. The van der Waals surface area contributed by atoms with E-state index in [-0.39, 0.29) is 0 Å². The summed E-state index contributed by atoms with van der Waals surface area (Å²) in [5, 5.41) is 0. The highest BCUT2D eigenvalue weighted by Gasteiger charge is 2.22. The second-order valence-electron chi connectivity index (χ2n) is 4.01. The lowest BCUT2D eigenvalue weighted by molar-refractivity contribution is 0.0241. The summed E-state index contributed by atoms with van der Waals surface area (Å²) in [6, 6.07) is 6.64. The van der Waals surface area contributed by atoms with Gasteiger partial charge < -0.3 is 4.74 Å². The first-order valence-electron chi connectivity index (χ1n) is 4.89. The highest BCUT2D eigenvalue weighted by Crippen LogP contribution is 2.31. The zero-order chi connectivity index (χ0) is 9.42. The van der Waals surface area contributed by atoms with Crippen LogP contribution in [0.15, 0.2) is 18.2 Å². The molecular weight excluding hydrogens is 160 g/mol. The summed E-state index contributed by atoms with van der Waals surface area (Å²) in [6.45, 7) is 7.31. The van der Waals surface area contributed by atoms with E-state index in [2.05, 4.69) is 39.0 Å². The van der Waals surface area contributed by atoms with E-state index in [1.807, 2.05) is 0 Å². The van der Waals surface area contributed by atoms with E-state index in [9.17, 15) is 0 Å². The Kier molecular flexibility index (Phi) is 2.12. The van der Waals surface area contributed by atoms with Crippen molar-refractivity contribution in [1.82, 2.24) is 0 Å². The van der Waals surface area contributed by atoms with Crippen LogP contribution < -0.4 is 0 Å². The smallest absolute Gasteiger partial charge is 0.0723 e. The van der Waals surface area contributed by atoms with E-state index in [4.69, 9.17) is 4.74 Å². The van der Waals surface area contributed by atoms with Crippen LogP contribution in [-0.4, -0.2) is 6.10 Å². The average Bonchev–Trinajstić information content (AvgIpc) is 2.12. The van der Waals surface area contributed by atoms with Crippen molar-refractivity contribution in [1.29, 1.82) is 0 Å². The largest absolute Gasteiger partial charge is 0.373 e. The molecule has 1 nitrogen and oxygen atoms in total. The van der Waals surface area contributed by atoms with Gasteiger partial charge in [0, 0.05) is 5.92 Å². The van der Waals surface area contributed by atoms with Gasteiger partial charge in [-0.2, -0.15) is 0 Å². The first kappa shape index (κ1) is 8.76. The Labute approximate surface area is 79.7 Å². The summed E-state index contributed by atoms with van der Waals surface area (Å²) in [4.78, 5) is 0. The molecule has 0 bridgehead atoms. The summed E-state index contributed by atoms with van der Waals surface area (Å²) in [7, 11) is 0. The minimum Gasteiger partial charge on any atom is -0.373 e. The number of benzene rings is 1. The van der Waals surface area contributed by atoms with Crippen LogP contribution in [-0.2, 0) is 11.3 Å². The number of hydrogen-bond acceptors (Lipinski definition) is 1. The predicted octanol–water partition coefficient (Wildman–Crippen LogP) is 3.02. The lowest BCUT2D eigenvalue weighted by Gasteiger charge is -2.29. The van der Waals surface area contributed by atoms with Crippen molar-refractivity contribution in [2.45, 2.75) is 39.4 Å². The summed E-state index contributed by atoms with van der Waals surface area (Å²) in [5.74, 6) is 0.531. The first-order valence-corrected chi connectivity index (χ1v) is 4.89. The third-order valence-corrected chi connectivity index (χ3v) is 3.00. The summed E-state index contributed by atoms with van der Waals surface area (Å²) >= 11 is 0. The van der Waals surface area contributed by atoms with Crippen molar-refractivity contribution >= 4 is 0 Å². The third kappa shape index (κ3) is 1.49. The molecule has 1 aromatic rings. The topological polar surface area (TPSA) is 9.23 Å². The molecule has 0 aromatic heterocycles. The molecule has 13 heavy (non-hydrogen) atoms. The molecule has 1 heterocycles. The standard InChI is InChI=1S/C12H16O/c1-8-4-5-11-7-13-10(3)9(2)12(11)6-8/h4-6,9-10H,7H2,1-3H3. The van der Waals surface area contributed by atoms with Crippen molar-refractivity contribution in [3.05, 3.63) is 34.9 Å². The van der Waals surface area contributed by atoms with Gasteiger partial charge in [-0.3, -0.25) is 0 Å². The van der Waals surface area contributed by atoms with Gasteiger partial charge in [-0.25, -0.2) is 0 Å². The molecule has 2 rings (SSSR count). The Morgan fingerprint density at radius 3 is 2.85 bits per heavy atom. The second kappa shape index (κ2) is 3.15. The molecule has 0 radical (unpaired) electrons. The zero-order valence-electron chi connectivity index (χ0n) is 8.50. The third-order valence-electron chi connectivity index (χ3n) is 3.00. The number of fused-ring (bicyclic) bond motifs is 1. The molecule has 1 aromatic carbocycles. The summed E-state index contributed by atoms with van der Waals surface area (Å²) in [5.41, 5.74) is 4.18. The van der Waals surface area contributed by atoms with E-state index in [1.54, 1.807) is 0 Å². The SMILES string of the molecule is Cc1ccc2c(c1)C(C)C(C)OC2. The molecule has 1 heteroatoms. The van der Waals surface area contributed by atoms with Crippen molar-refractivity contribution in [2.75, 3.05) is 0 Å². The molecule has 0 spiro atoms. The fourth-order valence-corrected chi connectivity index (χ4v) is 1.89. The molecule has 1 aliphatic heterocycles. The molecule has 2 atom stereocenters. The number of hydrogen-bond donors (Lipinski definition) is 0. The number of rotatable bonds is 0. The monoisotopic (exact) mass is 176 g/mol. The van der Waals surface area contributed by atoms with Gasteiger partial charge in [-0.15, -0.1) is 0 Å². The van der Waals surface area contributed by atoms with Gasteiger partial charge in [0.25, 0.3) is 0 Å². The van der Waals surface area contributed by atoms with Crippen LogP contribution in [0.1, 0.15) is 36.5 Å². The van der Waals surface area contributed by atoms with Gasteiger partial charge >= 0.3 is 0 Å². The Bertz CT molecular complexity index is 317. The maximum Gasteiger partial charge on any atom is 0.0723 e. The van der Waals surface area contributed by atoms with Gasteiger partial charge in [0.15, 0.2) is 0 Å². The summed E-state index contributed by atoms with van der Waals surface area (Å²) in [6.07, 6.45) is 0.356. The van der Waals surface area contributed by atoms with E-state index in [0.29, 0.717) is 12.0 Å². The molecule has 0 fully saturated rings. The van der Waals surface area contributed by atoms with Gasteiger partial charge in [-0.1, -0.05) is 30.7 Å². The molecular formula is C12H16O. The molecule has 0 amide bonds. The summed E-state index contributed by atoms with van der Waals surface area (Å²) < 4.78 is 5.66.